The van der Waals surface area contributed by atoms with Gasteiger partial charge in [0.25, 0.3) is 5.56 Å². The molecule has 0 radical (unpaired) electrons. The zero-order valence-electron chi connectivity index (χ0n) is 8.14. The maximum Gasteiger partial charge on any atom is 0.275 e. The van der Waals surface area contributed by atoms with Gasteiger partial charge >= 0.3 is 0 Å². The second-order valence-electron chi connectivity index (χ2n) is 3.31. The molecule has 0 bridgehead atoms. The number of hydrogen-bond acceptors (Lipinski definition) is 4. The highest BCUT2D eigenvalue weighted by Gasteiger charge is 2.08. The van der Waals surface area contributed by atoms with Gasteiger partial charge in [0, 0.05) is 11.8 Å². The van der Waals surface area contributed by atoms with Crippen molar-refractivity contribution in [3.05, 3.63) is 40.8 Å². The van der Waals surface area contributed by atoms with Crippen molar-refractivity contribution >= 4 is 10.9 Å². The Morgan fingerprint density at radius 2 is 2.06 bits per heavy atom. The van der Waals surface area contributed by atoms with Gasteiger partial charge in [-0.1, -0.05) is 17.3 Å². The lowest BCUT2D eigenvalue weighted by atomic mass is 10.1. The number of H-pyrrole nitrogens is 2. The normalized spacial score (nSPS) is 10.8. The minimum absolute atomic E-state index is 0.254. The van der Waals surface area contributed by atoms with Gasteiger partial charge in [0.15, 0.2) is 0 Å². The molecule has 0 atom stereocenters. The smallest absolute Gasteiger partial charge is 0.275 e. The van der Waals surface area contributed by atoms with Crippen LogP contribution in [0.25, 0.3) is 22.2 Å². The third kappa shape index (κ3) is 1.20. The molecule has 2 aromatic heterocycles. The lowest BCUT2D eigenvalue weighted by Gasteiger charge is -2.00. The van der Waals surface area contributed by atoms with Gasteiger partial charge in [-0.3, -0.25) is 9.89 Å². The Balaban J connectivity index is 2.46. The Morgan fingerprint density at radius 3 is 2.88 bits per heavy atom. The van der Waals surface area contributed by atoms with Crippen LogP contribution in [0.15, 0.2) is 35.3 Å². The standard InChI is InChI=1S/C10H7N5O/c16-10-9-6(7-4-5-11-12-7)2-1-3-8(9)13-15-14-10/h1-5H,(H,11,12)(H,13,14,16). The summed E-state index contributed by atoms with van der Waals surface area (Å²) in [6.07, 6.45) is 1.64. The first-order chi connectivity index (χ1) is 7.86. The van der Waals surface area contributed by atoms with Gasteiger partial charge in [0.05, 0.1) is 11.1 Å². The summed E-state index contributed by atoms with van der Waals surface area (Å²) in [6, 6.07) is 7.21. The number of aromatic nitrogens is 5. The van der Waals surface area contributed by atoms with Gasteiger partial charge in [-0.05, 0) is 12.1 Å². The van der Waals surface area contributed by atoms with Crippen molar-refractivity contribution in [1.82, 2.24) is 25.6 Å². The summed E-state index contributed by atoms with van der Waals surface area (Å²) >= 11 is 0. The maximum absolute atomic E-state index is 11.7. The predicted octanol–water partition coefficient (Wildman–Crippen LogP) is 0.708. The Morgan fingerprint density at radius 1 is 1.12 bits per heavy atom. The molecule has 1 aromatic carbocycles. The first-order valence-corrected chi connectivity index (χ1v) is 4.70. The highest BCUT2D eigenvalue weighted by atomic mass is 16.1. The molecular weight excluding hydrogens is 206 g/mol. The van der Waals surface area contributed by atoms with Crippen molar-refractivity contribution in [1.29, 1.82) is 0 Å². The Kier molecular flexibility index (Phi) is 1.79. The van der Waals surface area contributed by atoms with Crippen LogP contribution in [0.3, 0.4) is 0 Å². The fourth-order valence-corrected chi connectivity index (χ4v) is 1.67. The van der Waals surface area contributed by atoms with Crippen LogP contribution in [-0.4, -0.2) is 25.6 Å². The average Bonchev–Trinajstić information content (AvgIpc) is 2.82. The maximum atomic E-state index is 11.7. The van der Waals surface area contributed by atoms with Gasteiger partial charge in [-0.2, -0.15) is 5.10 Å². The van der Waals surface area contributed by atoms with Crippen LogP contribution in [0.1, 0.15) is 0 Å². The summed E-state index contributed by atoms with van der Waals surface area (Å²) in [7, 11) is 0. The van der Waals surface area contributed by atoms with E-state index in [0.29, 0.717) is 10.9 Å². The lowest BCUT2D eigenvalue weighted by Crippen LogP contribution is -2.10. The summed E-state index contributed by atoms with van der Waals surface area (Å²) < 4.78 is 0. The molecule has 3 aromatic rings. The molecule has 0 aliphatic rings. The van der Waals surface area contributed by atoms with Gasteiger partial charge < -0.3 is 0 Å². The first-order valence-electron chi connectivity index (χ1n) is 4.70. The molecule has 6 nitrogen and oxygen atoms in total. The van der Waals surface area contributed by atoms with Crippen molar-refractivity contribution in [3.63, 3.8) is 0 Å². The number of nitrogens with zero attached hydrogens (tertiary/aromatic N) is 3. The molecule has 0 saturated carbocycles. The summed E-state index contributed by atoms with van der Waals surface area (Å²) in [6.45, 7) is 0. The molecule has 2 N–H and O–H groups in total. The van der Waals surface area contributed by atoms with E-state index in [0.717, 1.165) is 11.3 Å². The number of hydrogen-bond donors (Lipinski definition) is 2. The molecule has 6 heteroatoms. The fourth-order valence-electron chi connectivity index (χ4n) is 1.67. The van der Waals surface area contributed by atoms with E-state index in [4.69, 9.17) is 0 Å². The quantitative estimate of drug-likeness (QED) is 0.623. The van der Waals surface area contributed by atoms with Crippen LogP contribution in [-0.2, 0) is 0 Å². The van der Waals surface area contributed by atoms with Crippen molar-refractivity contribution in [2.75, 3.05) is 0 Å². The first kappa shape index (κ1) is 8.78. The largest absolute Gasteiger partial charge is 0.278 e. The van der Waals surface area contributed by atoms with Crippen LogP contribution in [0.4, 0.5) is 0 Å². The summed E-state index contributed by atoms with van der Waals surface area (Å²) in [4.78, 5) is 11.7. The summed E-state index contributed by atoms with van der Waals surface area (Å²) in [5.74, 6) is 0. The van der Waals surface area contributed by atoms with Crippen LogP contribution in [0.2, 0.25) is 0 Å². The molecular formula is C10H7N5O. The number of fused-ring (bicyclic) bond motifs is 1. The van der Waals surface area contributed by atoms with Gasteiger partial charge in [0.2, 0.25) is 0 Å². The van der Waals surface area contributed by atoms with Crippen LogP contribution >= 0.6 is 0 Å². The zero-order valence-corrected chi connectivity index (χ0v) is 8.14. The number of aromatic amines is 2. The Hall–Kier alpha value is -2.50. The molecule has 0 spiro atoms. The van der Waals surface area contributed by atoms with Crippen LogP contribution < -0.4 is 5.56 Å². The molecule has 2 heterocycles. The van der Waals surface area contributed by atoms with E-state index in [2.05, 4.69) is 25.6 Å². The molecule has 16 heavy (non-hydrogen) atoms. The fraction of sp³-hybridized carbons (Fsp3) is 0. The summed E-state index contributed by atoms with van der Waals surface area (Å²) in [5, 5.41) is 16.9. The van der Waals surface area contributed by atoms with E-state index >= 15 is 0 Å². The average molecular weight is 213 g/mol. The third-order valence-electron chi connectivity index (χ3n) is 2.37. The molecule has 0 saturated heterocycles. The monoisotopic (exact) mass is 213 g/mol. The molecule has 0 aliphatic carbocycles. The molecule has 0 unspecified atom stereocenters. The van der Waals surface area contributed by atoms with Gasteiger partial charge in [-0.25, -0.2) is 5.10 Å². The second kappa shape index (κ2) is 3.27. The highest BCUT2D eigenvalue weighted by Crippen LogP contribution is 2.22. The number of nitrogens with one attached hydrogen (secondary N) is 2. The predicted molar refractivity (Wildman–Crippen MR) is 57.7 cm³/mol. The van der Waals surface area contributed by atoms with Crippen molar-refractivity contribution in [2.45, 2.75) is 0 Å². The van der Waals surface area contributed by atoms with E-state index in [1.54, 1.807) is 18.3 Å². The van der Waals surface area contributed by atoms with Crippen molar-refractivity contribution < 1.29 is 0 Å². The van der Waals surface area contributed by atoms with Crippen molar-refractivity contribution in [3.8, 4) is 11.3 Å². The van der Waals surface area contributed by atoms with Crippen molar-refractivity contribution in [2.24, 2.45) is 0 Å². The van der Waals surface area contributed by atoms with Gasteiger partial charge in [-0.15, -0.1) is 5.10 Å². The van der Waals surface area contributed by atoms with E-state index in [1.807, 2.05) is 12.1 Å². The van der Waals surface area contributed by atoms with E-state index in [-0.39, 0.29) is 5.56 Å². The van der Waals surface area contributed by atoms with E-state index in [9.17, 15) is 4.79 Å². The number of rotatable bonds is 1. The molecule has 0 aliphatic heterocycles. The van der Waals surface area contributed by atoms with E-state index in [1.165, 1.54) is 0 Å². The molecule has 0 fully saturated rings. The Bertz CT molecular complexity index is 681. The van der Waals surface area contributed by atoms with Crippen LogP contribution in [0, 0.1) is 0 Å². The third-order valence-corrected chi connectivity index (χ3v) is 2.37. The zero-order chi connectivity index (χ0) is 11.0. The lowest BCUT2D eigenvalue weighted by molar-refractivity contribution is 0.872. The minimum Gasteiger partial charge on any atom is -0.278 e. The molecule has 78 valence electrons. The molecule has 3 rings (SSSR count). The van der Waals surface area contributed by atoms with E-state index < -0.39 is 0 Å². The van der Waals surface area contributed by atoms with Crippen LogP contribution in [0.5, 0.6) is 0 Å². The second-order valence-corrected chi connectivity index (χ2v) is 3.31. The topological polar surface area (TPSA) is 87.3 Å². The number of benzene rings is 1. The minimum atomic E-state index is -0.254. The summed E-state index contributed by atoms with van der Waals surface area (Å²) in [5.41, 5.74) is 1.86. The Labute approximate surface area is 89.3 Å². The highest BCUT2D eigenvalue weighted by molar-refractivity contribution is 5.92. The van der Waals surface area contributed by atoms with Gasteiger partial charge in [0.1, 0.15) is 5.52 Å². The molecule has 0 amide bonds. The SMILES string of the molecule is O=c1[nH]nnc2cccc(-c3ccn[nH]3)c12.